The maximum atomic E-state index is 6.78. The first-order chi connectivity index (χ1) is 8.44. The van der Waals surface area contributed by atoms with Gasteiger partial charge in [0.15, 0.2) is 0 Å². The molecule has 19 heavy (non-hydrogen) atoms. The van der Waals surface area contributed by atoms with Gasteiger partial charge < -0.3 is 5.73 Å². The number of hydrogen-bond donors (Lipinski definition) is 1. The Bertz CT molecular complexity index is 254. The summed E-state index contributed by atoms with van der Waals surface area (Å²) in [7, 11) is 0. The highest BCUT2D eigenvalue weighted by Gasteiger charge is 2.40. The van der Waals surface area contributed by atoms with Crippen molar-refractivity contribution in [2.45, 2.75) is 74.8 Å². The average molecular weight is 270 g/mol. The predicted octanol–water partition coefficient (Wildman–Crippen LogP) is 5.20. The van der Waals surface area contributed by atoms with E-state index < -0.39 is 0 Å². The fourth-order valence-electron chi connectivity index (χ4n) is 3.19. The van der Waals surface area contributed by atoms with Crippen LogP contribution >= 0.6 is 0 Å². The van der Waals surface area contributed by atoms with Crippen molar-refractivity contribution in [3.8, 4) is 0 Å². The highest BCUT2D eigenvalue weighted by atomic mass is 14.8. The van der Waals surface area contributed by atoms with Crippen molar-refractivity contribution in [2.24, 2.45) is 47.2 Å². The van der Waals surface area contributed by atoms with E-state index in [9.17, 15) is 0 Å². The molecule has 0 bridgehead atoms. The molecular weight excluding hydrogens is 230 g/mol. The van der Waals surface area contributed by atoms with Crippen LogP contribution in [0.25, 0.3) is 0 Å². The number of nitrogens with two attached hydrogens (primary N) is 1. The lowest BCUT2D eigenvalue weighted by Gasteiger charge is -2.46. The van der Waals surface area contributed by atoms with Crippen molar-refractivity contribution in [1.82, 2.24) is 0 Å². The van der Waals surface area contributed by atoms with Gasteiger partial charge in [-0.2, -0.15) is 0 Å². The quantitative estimate of drug-likeness (QED) is 0.675. The van der Waals surface area contributed by atoms with Crippen molar-refractivity contribution < 1.29 is 0 Å². The van der Waals surface area contributed by atoms with Gasteiger partial charge in [-0.25, -0.2) is 0 Å². The highest BCUT2D eigenvalue weighted by Crippen LogP contribution is 2.39. The van der Waals surface area contributed by atoms with Crippen molar-refractivity contribution in [3.05, 3.63) is 0 Å². The third-order valence-electron chi connectivity index (χ3n) is 6.47. The maximum Gasteiger partial charge on any atom is 0.0182 e. The largest absolute Gasteiger partial charge is 0.325 e. The molecule has 0 rings (SSSR count). The van der Waals surface area contributed by atoms with E-state index in [4.69, 9.17) is 5.73 Å². The molecule has 0 saturated carbocycles. The van der Waals surface area contributed by atoms with Gasteiger partial charge >= 0.3 is 0 Å². The summed E-state index contributed by atoms with van der Waals surface area (Å²) in [5.41, 5.74) is 6.69. The van der Waals surface area contributed by atoms with Crippen molar-refractivity contribution in [1.29, 1.82) is 0 Å². The van der Waals surface area contributed by atoms with Crippen LogP contribution in [0.1, 0.15) is 69.2 Å². The summed E-state index contributed by atoms with van der Waals surface area (Å²) in [4.78, 5) is 0. The summed E-state index contributed by atoms with van der Waals surface area (Å²) < 4.78 is 0. The highest BCUT2D eigenvalue weighted by molar-refractivity contribution is 4.95. The molecule has 0 amide bonds. The lowest BCUT2D eigenvalue weighted by molar-refractivity contribution is 0.0803. The van der Waals surface area contributed by atoms with E-state index >= 15 is 0 Å². The second-order valence-electron chi connectivity index (χ2n) is 8.01. The van der Waals surface area contributed by atoms with Crippen LogP contribution in [0.4, 0.5) is 0 Å². The lowest BCUT2D eigenvalue weighted by atomic mass is 9.63. The molecular formula is C18H39N. The van der Waals surface area contributed by atoms with Gasteiger partial charge in [0.1, 0.15) is 0 Å². The van der Waals surface area contributed by atoms with Crippen molar-refractivity contribution in [2.75, 3.05) is 0 Å². The second-order valence-corrected chi connectivity index (χ2v) is 8.01. The molecule has 0 fully saturated rings. The molecule has 0 aliphatic carbocycles. The second kappa shape index (κ2) is 7.11. The molecule has 0 saturated heterocycles. The third-order valence-corrected chi connectivity index (χ3v) is 6.47. The molecule has 6 atom stereocenters. The SMILES string of the molecule is CC(C)C(C)C(C)C(C)C(C)(N)C(C)C(C)C(C)C. The molecule has 0 aliphatic rings. The van der Waals surface area contributed by atoms with Gasteiger partial charge in [-0.15, -0.1) is 0 Å². The normalized spacial score (nSPS) is 23.8. The molecule has 2 N–H and O–H groups in total. The fraction of sp³-hybridized carbons (Fsp3) is 1.00. The van der Waals surface area contributed by atoms with Crippen LogP contribution in [0.5, 0.6) is 0 Å². The van der Waals surface area contributed by atoms with E-state index in [1.807, 2.05) is 0 Å². The standard InChI is InChI=1S/C18H39N/c1-11(2)13(5)15(7)17(9)18(10,19)16(8)14(6)12(3)4/h11-17H,19H2,1-10H3. The zero-order chi connectivity index (χ0) is 15.5. The summed E-state index contributed by atoms with van der Waals surface area (Å²) in [5, 5.41) is 0. The van der Waals surface area contributed by atoms with Crippen LogP contribution in [0.15, 0.2) is 0 Å². The van der Waals surface area contributed by atoms with Crippen LogP contribution < -0.4 is 5.73 Å². The summed E-state index contributed by atoms with van der Waals surface area (Å²) in [6, 6.07) is 0. The van der Waals surface area contributed by atoms with Gasteiger partial charge in [-0.05, 0) is 48.3 Å². The molecule has 0 aromatic heterocycles. The first kappa shape index (κ1) is 19.0. The monoisotopic (exact) mass is 269 g/mol. The fourth-order valence-corrected chi connectivity index (χ4v) is 3.19. The molecule has 116 valence electrons. The Balaban J connectivity index is 4.98. The Kier molecular flexibility index (Phi) is 7.09. The number of hydrogen-bond acceptors (Lipinski definition) is 1. The molecule has 0 aliphatic heterocycles. The van der Waals surface area contributed by atoms with E-state index in [-0.39, 0.29) is 5.54 Å². The molecule has 0 radical (unpaired) electrons. The molecule has 0 heterocycles. The van der Waals surface area contributed by atoms with E-state index in [1.165, 1.54) is 0 Å². The molecule has 1 nitrogen and oxygen atoms in total. The lowest BCUT2D eigenvalue weighted by Crippen LogP contribution is -2.54. The Morgan fingerprint density at radius 3 is 1.21 bits per heavy atom. The van der Waals surface area contributed by atoms with Crippen LogP contribution in [0, 0.1) is 41.4 Å². The van der Waals surface area contributed by atoms with Gasteiger partial charge in [-0.3, -0.25) is 0 Å². The van der Waals surface area contributed by atoms with Gasteiger partial charge in [-0.1, -0.05) is 62.3 Å². The van der Waals surface area contributed by atoms with Gasteiger partial charge in [0.25, 0.3) is 0 Å². The molecule has 1 heteroatoms. The topological polar surface area (TPSA) is 26.0 Å². The predicted molar refractivity (Wildman–Crippen MR) is 88.1 cm³/mol. The zero-order valence-corrected chi connectivity index (χ0v) is 15.1. The molecule has 0 spiro atoms. The smallest absolute Gasteiger partial charge is 0.0182 e. The maximum absolute atomic E-state index is 6.78. The third kappa shape index (κ3) is 4.48. The van der Waals surface area contributed by atoms with Crippen molar-refractivity contribution in [3.63, 3.8) is 0 Å². The Labute approximate surface area is 122 Å². The van der Waals surface area contributed by atoms with E-state index in [1.54, 1.807) is 0 Å². The Hall–Kier alpha value is -0.0400. The van der Waals surface area contributed by atoms with E-state index in [0.29, 0.717) is 29.6 Å². The van der Waals surface area contributed by atoms with Gasteiger partial charge in [0.05, 0.1) is 0 Å². The molecule has 0 aromatic carbocycles. The van der Waals surface area contributed by atoms with Crippen LogP contribution in [0.2, 0.25) is 0 Å². The minimum Gasteiger partial charge on any atom is -0.325 e. The minimum absolute atomic E-state index is 0.0910. The molecule has 6 unspecified atom stereocenters. The van der Waals surface area contributed by atoms with E-state index in [0.717, 1.165) is 11.8 Å². The average Bonchev–Trinajstić information content (AvgIpc) is 2.33. The van der Waals surface area contributed by atoms with Crippen LogP contribution in [-0.2, 0) is 0 Å². The number of rotatable bonds is 7. The zero-order valence-electron chi connectivity index (χ0n) is 15.1. The molecule has 0 aromatic rings. The van der Waals surface area contributed by atoms with Crippen LogP contribution in [0.3, 0.4) is 0 Å². The first-order valence-electron chi connectivity index (χ1n) is 8.23. The van der Waals surface area contributed by atoms with E-state index in [2.05, 4.69) is 69.2 Å². The summed E-state index contributed by atoms with van der Waals surface area (Å²) >= 11 is 0. The van der Waals surface area contributed by atoms with Gasteiger partial charge in [0.2, 0.25) is 0 Å². The minimum atomic E-state index is -0.0910. The van der Waals surface area contributed by atoms with Crippen molar-refractivity contribution >= 4 is 0 Å². The first-order valence-corrected chi connectivity index (χ1v) is 8.23. The Morgan fingerprint density at radius 2 is 0.895 bits per heavy atom. The summed E-state index contributed by atoms with van der Waals surface area (Å²) in [6.45, 7) is 23.3. The van der Waals surface area contributed by atoms with Gasteiger partial charge in [0, 0.05) is 5.54 Å². The summed E-state index contributed by atoms with van der Waals surface area (Å²) in [5.74, 6) is 4.56. The van der Waals surface area contributed by atoms with Crippen LogP contribution in [-0.4, -0.2) is 5.54 Å². The summed E-state index contributed by atoms with van der Waals surface area (Å²) in [6.07, 6.45) is 0. The Morgan fingerprint density at radius 1 is 0.579 bits per heavy atom.